The molecule has 2 N–H and O–H groups in total. The van der Waals surface area contributed by atoms with Gasteiger partial charge in [0, 0.05) is 41.7 Å². The van der Waals surface area contributed by atoms with E-state index in [-0.39, 0.29) is 21.2 Å². The van der Waals surface area contributed by atoms with Crippen LogP contribution in [0.3, 0.4) is 0 Å². The van der Waals surface area contributed by atoms with Crippen molar-refractivity contribution in [3.05, 3.63) is 104 Å². The maximum Gasteiger partial charge on any atom is 0.200 e. The molecule has 2 aliphatic rings. The van der Waals surface area contributed by atoms with Gasteiger partial charge >= 0.3 is 0 Å². The van der Waals surface area contributed by atoms with Crippen molar-refractivity contribution in [1.29, 1.82) is 0 Å². The topological polar surface area (TPSA) is 65.7 Å². The Morgan fingerprint density at radius 2 is 1.58 bits per heavy atom. The van der Waals surface area contributed by atoms with E-state index < -0.39 is 0 Å². The van der Waals surface area contributed by atoms with Gasteiger partial charge in [-0.05, 0) is 66.3 Å². The Morgan fingerprint density at radius 3 is 2.30 bits per heavy atom. The van der Waals surface area contributed by atoms with E-state index in [9.17, 15) is 9.90 Å². The average Bonchev–Trinajstić information content (AvgIpc) is 2.99. The van der Waals surface area contributed by atoms with E-state index in [2.05, 4.69) is 78.9 Å². The number of phenols is 1. The third-order valence-electron chi connectivity index (χ3n) is 7.60. The molecule has 0 aromatic heterocycles. The van der Waals surface area contributed by atoms with Crippen LogP contribution in [0.25, 0.3) is 45.6 Å². The van der Waals surface area contributed by atoms with Crippen molar-refractivity contribution in [2.45, 2.75) is 46.5 Å². The first kappa shape index (κ1) is 30.7. The average molecular weight is 616 g/mol. The van der Waals surface area contributed by atoms with Gasteiger partial charge in [0.1, 0.15) is 17.1 Å². The number of unbranched alkanes of at least 4 members (excludes halogenated alkanes) is 2. The second-order valence-corrected chi connectivity index (χ2v) is 11.6. The van der Waals surface area contributed by atoms with Crippen molar-refractivity contribution in [2.24, 2.45) is 0 Å². The zero-order valence-electron chi connectivity index (χ0n) is 24.7. The van der Waals surface area contributed by atoms with Crippen molar-refractivity contribution < 1.29 is 9.52 Å². The summed E-state index contributed by atoms with van der Waals surface area (Å²) in [6.07, 6.45) is 8.84. The number of aryl methyl sites for hydroxylation is 1. The number of hydrazine groups is 1. The Balaban J connectivity index is 1.45. The number of nitrogens with zero attached hydrogens (tertiary/aromatic N) is 1. The molecule has 0 fully saturated rings. The van der Waals surface area contributed by atoms with Crippen molar-refractivity contribution >= 4 is 52.0 Å². The van der Waals surface area contributed by atoms with Crippen molar-refractivity contribution in [3.8, 4) is 28.2 Å². The van der Waals surface area contributed by atoms with Gasteiger partial charge in [-0.25, -0.2) is 5.43 Å². The summed E-state index contributed by atoms with van der Waals surface area (Å²) in [6, 6.07) is 21.0. The predicted molar refractivity (Wildman–Crippen MR) is 181 cm³/mol. The number of fused-ring (bicyclic) bond motifs is 2. The first-order valence-electron chi connectivity index (χ1n) is 14.8. The highest BCUT2D eigenvalue weighted by atomic mass is 35.5. The minimum Gasteiger partial charge on any atom is -0.506 e. The summed E-state index contributed by atoms with van der Waals surface area (Å²) in [7, 11) is 0. The highest BCUT2D eigenvalue weighted by molar-refractivity contribution is 6.33. The fraction of sp³-hybridized carbons (Fsp3) is 0.250. The molecule has 7 heteroatoms. The molecule has 5 rings (SSSR count). The van der Waals surface area contributed by atoms with Crippen LogP contribution in [0.5, 0.6) is 5.75 Å². The smallest absolute Gasteiger partial charge is 0.200 e. The largest absolute Gasteiger partial charge is 0.506 e. The Morgan fingerprint density at radius 1 is 0.860 bits per heavy atom. The summed E-state index contributed by atoms with van der Waals surface area (Å²) in [6.45, 7) is 8.43. The number of rotatable bonds is 11. The molecule has 43 heavy (non-hydrogen) atoms. The molecular formula is C36H36Cl2N2O3. The van der Waals surface area contributed by atoms with Gasteiger partial charge in [-0.15, -0.1) is 0 Å². The number of benzene rings is 4. The summed E-state index contributed by atoms with van der Waals surface area (Å²) in [4.78, 5) is 12.3. The van der Waals surface area contributed by atoms with Gasteiger partial charge in [0.2, 0.25) is 5.43 Å². The summed E-state index contributed by atoms with van der Waals surface area (Å²) in [5.74, 6) is 0.297. The van der Waals surface area contributed by atoms with Gasteiger partial charge in [0.25, 0.3) is 0 Å². The molecule has 3 aromatic carbocycles. The van der Waals surface area contributed by atoms with Gasteiger partial charge in [-0.1, -0.05) is 92.4 Å². The molecule has 1 aliphatic heterocycles. The quantitative estimate of drug-likeness (QED) is 0.0670. The molecule has 0 atom stereocenters. The molecule has 0 unspecified atom stereocenters. The standard InChI is InChI=1S/C36H36Cl2N2O3/c1-4-6-16-39-40(17-7-5-2)26-13-10-24(11-14-26)8-9-25-12-15-27(23(3)18-25)36-28-19-30(37)32(41)21-34(28)43-35-22-33(42)31(38)20-29(35)36/h8-15,18-22,39,41H,4-7,16-17H2,1-3H3/b9-8+. The van der Waals surface area contributed by atoms with Crippen LogP contribution < -0.4 is 15.9 Å². The van der Waals surface area contributed by atoms with Gasteiger partial charge in [0.15, 0.2) is 0 Å². The predicted octanol–water partition coefficient (Wildman–Crippen LogP) is 9.97. The van der Waals surface area contributed by atoms with Crippen molar-refractivity contribution in [3.63, 3.8) is 0 Å². The zero-order valence-corrected chi connectivity index (χ0v) is 26.2. The summed E-state index contributed by atoms with van der Waals surface area (Å²) >= 11 is 12.6. The van der Waals surface area contributed by atoms with E-state index in [1.807, 2.05) is 6.92 Å². The SMILES string of the molecule is CCCCNN(CCCC)c1ccc(/C=C/c2ccc(-c3c4cc(Cl)c(=O)cc-4oc4cc(O)c(Cl)cc34)c(C)c2)cc1. The van der Waals surface area contributed by atoms with Crippen LogP contribution in [0.2, 0.25) is 10.0 Å². The van der Waals surface area contributed by atoms with Crippen LogP contribution in [-0.4, -0.2) is 18.2 Å². The normalized spacial score (nSPS) is 11.7. The molecule has 0 radical (unpaired) electrons. The lowest BCUT2D eigenvalue weighted by atomic mass is 9.90. The summed E-state index contributed by atoms with van der Waals surface area (Å²) in [5, 5.41) is 13.5. The minimum absolute atomic E-state index is 0.0915. The molecule has 1 heterocycles. The number of hydrogen-bond donors (Lipinski definition) is 2. The number of nitrogens with one attached hydrogen (secondary N) is 1. The second kappa shape index (κ2) is 13.7. The van der Waals surface area contributed by atoms with E-state index in [1.54, 1.807) is 12.1 Å². The van der Waals surface area contributed by atoms with Crippen molar-refractivity contribution in [2.75, 3.05) is 18.1 Å². The Labute approximate surface area is 262 Å². The maximum absolute atomic E-state index is 12.3. The number of halogens is 2. The fourth-order valence-corrected chi connectivity index (χ4v) is 5.55. The van der Waals surface area contributed by atoms with E-state index in [0.717, 1.165) is 60.2 Å². The van der Waals surface area contributed by atoms with Crippen LogP contribution in [0.4, 0.5) is 5.69 Å². The van der Waals surface area contributed by atoms with Crippen LogP contribution >= 0.6 is 23.2 Å². The lowest BCUT2D eigenvalue weighted by Gasteiger charge is -2.25. The van der Waals surface area contributed by atoms with Gasteiger partial charge in [-0.2, -0.15) is 0 Å². The lowest BCUT2D eigenvalue weighted by molar-refractivity contribution is 0.474. The molecule has 0 saturated carbocycles. The van der Waals surface area contributed by atoms with E-state index >= 15 is 0 Å². The fourth-order valence-electron chi connectivity index (χ4n) is 5.23. The maximum atomic E-state index is 12.3. The van der Waals surface area contributed by atoms with Gasteiger partial charge in [-0.3, -0.25) is 4.79 Å². The van der Waals surface area contributed by atoms with Crippen LogP contribution in [0, 0.1) is 6.92 Å². The van der Waals surface area contributed by atoms with Crippen LogP contribution in [0.15, 0.2) is 75.9 Å². The van der Waals surface area contributed by atoms with Gasteiger partial charge in [0.05, 0.1) is 15.7 Å². The highest BCUT2D eigenvalue weighted by Crippen LogP contribution is 2.44. The second-order valence-electron chi connectivity index (χ2n) is 10.8. The van der Waals surface area contributed by atoms with Crippen molar-refractivity contribution in [1.82, 2.24) is 5.43 Å². The third kappa shape index (κ3) is 6.91. The monoisotopic (exact) mass is 614 g/mol. The van der Waals surface area contributed by atoms with Crippen LogP contribution in [0.1, 0.15) is 56.2 Å². The van der Waals surface area contributed by atoms with Crippen LogP contribution in [-0.2, 0) is 0 Å². The molecule has 5 nitrogen and oxygen atoms in total. The Hall–Kier alpha value is -3.77. The number of aromatic hydroxyl groups is 1. The first-order chi connectivity index (χ1) is 20.8. The number of phenolic OH excluding ortho intramolecular Hbond substituents is 1. The van der Waals surface area contributed by atoms with E-state index in [1.165, 1.54) is 24.2 Å². The lowest BCUT2D eigenvalue weighted by Crippen LogP contribution is -2.39. The molecular weight excluding hydrogens is 579 g/mol. The molecule has 3 aromatic rings. The summed E-state index contributed by atoms with van der Waals surface area (Å²) in [5.41, 5.74) is 10.5. The first-order valence-corrected chi connectivity index (χ1v) is 15.5. The Bertz CT molecular complexity index is 1790. The third-order valence-corrected chi connectivity index (χ3v) is 8.20. The van der Waals surface area contributed by atoms with E-state index in [0.29, 0.717) is 22.3 Å². The molecule has 0 spiro atoms. The highest BCUT2D eigenvalue weighted by Gasteiger charge is 2.21. The molecule has 0 saturated heterocycles. The number of anilines is 1. The number of hydrogen-bond acceptors (Lipinski definition) is 5. The molecule has 0 bridgehead atoms. The van der Waals surface area contributed by atoms with Gasteiger partial charge < -0.3 is 14.5 Å². The minimum atomic E-state index is -0.326. The van der Waals surface area contributed by atoms with E-state index in [4.69, 9.17) is 27.6 Å². The Kier molecular flexibility index (Phi) is 9.76. The molecule has 222 valence electrons. The molecule has 0 amide bonds. The molecule has 1 aliphatic carbocycles. The zero-order chi connectivity index (χ0) is 30.5. The summed E-state index contributed by atoms with van der Waals surface area (Å²) < 4.78 is 6.00.